The van der Waals surface area contributed by atoms with Gasteiger partial charge in [0.05, 0.1) is 0 Å². The Labute approximate surface area is 124 Å². The predicted molar refractivity (Wildman–Crippen MR) is 81.5 cm³/mol. The van der Waals surface area contributed by atoms with Crippen LogP contribution in [0.5, 0.6) is 0 Å². The molecule has 2 unspecified atom stereocenters. The molecule has 0 fully saturated rings. The second-order valence-electron chi connectivity index (χ2n) is 5.83. The van der Waals surface area contributed by atoms with Gasteiger partial charge in [0.25, 0.3) is 0 Å². The average molecular weight is 288 g/mol. The summed E-state index contributed by atoms with van der Waals surface area (Å²) in [5.41, 5.74) is 4.29. The van der Waals surface area contributed by atoms with E-state index < -0.39 is 0 Å². The normalized spacial score (nSPS) is 25.9. The van der Waals surface area contributed by atoms with Crippen molar-refractivity contribution >= 4 is 17.4 Å². The van der Waals surface area contributed by atoms with Gasteiger partial charge in [0.1, 0.15) is 0 Å². The van der Waals surface area contributed by atoms with E-state index in [2.05, 4.69) is 25.2 Å². The molecule has 0 bridgehead atoms. The van der Waals surface area contributed by atoms with Crippen molar-refractivity contribution in [1.82, 2.24) is 5.32 Å². The van der Waals surface area contributed by atoms with Crippen LogP contribution < -0.4 is 5.32 Å². The topological polar surface area (TPSA) is 29.1 Å². The molecule has 0 saturated carbocycles. The van der Waals surface area contributed by atoms with E-state index in [0.717, 1.165) is 34.0 Å². The number of carbonyl (C=O) groups excluding carboxylic acids is 1. The number of halogens is 1. The smallest absolute Gasteiger partial charge is 0.161 e. The molecule has 20 heavy (non-hydrogen) atoms. The van der Waals surface area contributed by atoms with Gasteiger partial charge in [-0.05, 0) is 37.0 Å². The summed E-state index contributed by atoms with van der Waals surface area (Å²) in [6.07, 6.45) is 3.74. The van der Waals surface area contributed by atoms with Crippen LogP contribution in [0.1, 0.15) is 38.2 Å². The average Bonchev–Trinajstić information content (AvgIpc) is 2.37. The summed E-state index contributed by atoms with van der Waals surface area (Å²) in [5, 5.41) is 4.11. The Hall–Kier alpha value is -1.54. The number of hydrogen-bond acceptors (Lipinski definition) is 2. The summed E-state index contributed by atoms with van der Waals surface area (Å²) in [6, 6.07) is 7.80. The minimum Gasteiger partial charge on any atom is -0.362 e. The van der Waals surface area contributed by atoms with Gasteiger partial charge in [0.15, 0.2) is 5.78 Å². The number of Topliss-reactive ketones (excluding diaryl/α,β-unsaturated/α-hetero) is 1. The number of nitrogens with one attached hydrogen (secondary N) is 1. The molecule has 0 saturated heterocycles. The van der Waals surface area contributed by atoms with Gasteiger partial charge in [-0.3, -0.25) is 4.79 Å². The van der Waals surface area contributed by atoms with E-state index in [1.54, 1.807) is 0 Å². The van der Waals surface area contributed by atoms with Crippen LogP contribution in [0.4, 0.5) is 0 Å². The van der Waals surface area contributed by atoms with Crippen molar-refractivity contribution in [2.45, 2.75) is 32.6 Å². The SMILES string of the molecule is CC1=CC(c2ccc(Cl)cc2)C2=C(CC(C)CC2=O)N1. The van der Waals surface area contributed by atoms with Crippen molar-refractivity contribution in [1.29, 1.82) is 0 Å². The van der Waals surface area contributed by atoms with Crippen LogP contribution in [0, 0.1) is 5.92 Å². The minimum atomic E-state index is 0.0588. The Morgan fingerprint density at radius 1 is 1.20 bits per heavy atom. The van der Waals surface area contributed by atoms with Gasteiger partial charge < -0.3 is 5.32 Å². The van der Waals surface area contributed by atoms with E-state index in [1.165, 1.54) is 0 Å². The third-order valence-corrected chi connectivity index (χ3v) is 4.27. The lowest BCUT2D eigenvalue weighted by molar-refractivity contribution is -0.117. The van der Waals surface area contributed by atoms with Crippen molar-refractivity contribution in [3.63, 3.8) is 0 Å². The molecule has 0 amide bonds. The van der Waals surface area contributed by atoms with Crippen molar-refractivity contribution in [3.05, 3.63) is 57.9 Å². The number of ketones is 1. The third-order valence-electron chi connectivity index (χ3n) is 4.02. The van der Waals surface area contributed by atoms with Crippen LogP contribution >= 0.6 is 11.6 Å². The quantitative estimate of drug-likeness (QED) is 0.839. The second kappa shape index (κ2) is 5.10. The zero-order valence-corrected chi connectivity index (χ0v) is 12.5. The molecular weight excluding hydrogens is 270 g/mol. The molecule has 2 nitrogen and oxygen atoms in total. The highest BCUT2D eigenvalue weighted by Gasteiger charge is 2.32. The minimum absolute atomic E-state index is 0.0588. The van der Waals surface area contributed by atoms with Gasteiger partial charge >= 0.3 is 0 Å². The van der Waals surface area contributed by atoms with Gasteiger partial charge in [-0.1, -0.05) is 36.7 Å². The first-order valence-corrected chi connectivity index (χ1v) is 7.39. The lowest BCUT2D eigenvalue weighted by Gasteiger charge is -2.32. The molecule has 0 radical (unpaired) electrons. The van der Waals surface area contributed by atoms with Crippen molar-refractivity contribution in [3.8, 4) is 0 Å². The Morgan fingerprint density at radius 3 is 2.60 bits per heavy atom. The standard InChI is InChI=1S/C17H18ClNO/c1-10-7-15-17(16(20)8-10)14(9-11(2)19-15)12-3-5-13(18)6-4-12/h3-6,9-10,14,19H,7-8H2,1-2H3. The van der Waals surface area contributed by atoms with Gasteiger partial charge in [-0.25, -0.2) is 0 Å². The molecule has 0 spiro atoms. The molecule has 3 heteroatoms. The molecular formula is C17H18ClNO. The highest BCUT2D eigenvalue weighted by Crippen LogP contribution is 2.39. The third kappa shape index (κ3) is 2.40. The Kier molecular flexibility index (Phi) is 3.43. The van der Waals surface area contributed by atoms with Crippen LogP contribution in [0.25, 0.3) is 0 Å². The van der Waals surface area contributed by atoms with Gasteiger partial charge in [-0.15, -0.1) is 0 Å². The Bertz CT molecular complexity index is 612. The van der Waals surface area contributed by atoms with E-state index in [4.69, 9.17) is 11.6 Å². The van der Waals surface area contributed by atoms with Crippen LogP contribution in [0.2, 0.25) is 5.02 Å². The summed E-state index contributed by atoms with van der Waals surface area (Å²) in [4.78, 5) is 12.4. The lowest BCUT2D eigenvalue weighted by atomic mass is 9.77. The van der Waals surface area contributed by atoms with Crippen LogP contribution in [-0.4, -0.2) is 5.78 Å². The fourth-order valence-electron chi connectivity index (χ4n) is 3.15. The largest absolute Gasteiger partial charge is 0.362 e. The molecule has 1 aliphatic heterocycles. The molecule has 2 aliphatic rings. The van der Waals surface area contributed by atoms with E-state index in [9.17, 15) is 4.79 Å². The Morgan fingerprint density at radius 2 is 1.90 bits per heavy atom. The van der Waals surface area contributed by atoms with E-state index in [-0.39, 0.29) is 11.7 Å². The van der Waals surface area contributed by atoms with Crippen LogP contribution in [0.15, 0.2) is 47.3 Å². The van der Waals surface area contributed by atoms with E-state index >= 15 is 0 Å². The molecule has 1 N–H and O–H groups in total. The van der Waals surface area contributed by atoms with Crippen LogP contribution in [-0.2, 0) is 4.79 Å². The molecule has 3 rings (SSSR count). The monoisotopic (exact) mass is 287 g/mol. The van der Waals surface area contributed by atoms with Gasteiger partial charge in [-0.2, -0.15) is 0 Å². The molecule has 1 aromatic carbocycles. The first-order chi connectivity index (χ1) is 9.54. The maximum Gasteiger partial charge on any atom is 0.161 e. The zero-order valence-electron chi connectivity index (χ0n) is 11.7. The fraction of sp³-hybridized carbons (Fsp3) is 0.353. The van der Waals surface area contributed by atoms with Crippen molar-refractivity contribution in [2.24, 2.45) is 5.92 Å². The molecule has 1 aliphatic carbocycles. The first-order valence-electron chi connectivity index (χ1n) is 7.01. The number of rotatable bonds is 1. The first kappa shape index (κ1) is 13.4. The highest BCUT2D eigenvalue weighted by molar-refractivity contribution is 6.30. The van der Waals surface area contributed by atoms with Crippen LogP contribution in [0.3, 0.4) is 0 Å². The predicted octanol–water partition coefficient (Wildman–Crippen LogP) is 4.18. The number of dihydropyridines is 1. The van der Waals surface area contributed by atoms with E-state index in [0.29, 0.717) is 12.3 Å². The lowest BCUT2D eigenvalue weighted by Crippen LogP contribution is -2.31. The number of benzene rings is 1. The maximum atomic E-state index is 12.4. The van der Waals surface area contributed by atoms with Crippen molar-refractivity contribution < 1.29 is 4.79 Å². The second-order valence-corrected chi connectivity index (χ2v) is 6.27. The molecule has 1 heterocycles. The summed E-state index contributed by atoms with van der Waals surface area (Å²) >= 11 is 5.96. The molecule has 0 aromatic heterocycles. The summed E-state index contributed by atoms with van der Waals surface area (Å²) in [5.74, 6) is 0.754. The zero-order chi connectivity index (χ0) is 14.3. The number of carbonyl (C=O) groups is 1. The van der Waals surface area contributed by atoms with Gasteiger partial charge in [0.2, 0.25) is 0 Å². The molecule has 2 atom stereocenters. The maximum absolute atomic E-state index is 12.4. The highest BCUT2D eigenvalue weighted by atomic mass is 35.5. The fourth-order valence-corrected chi connectivity index (χ4v) is 3.28. The number of allylic oxidation sites excluding steroid dienone is 4. The summed E-state index contributed by atoms with van der Waals surface area (Å²) in [6.45, 7) is 4.19. The number of hydrogen-bond donors (Lipinski definition) is 1. The summed E-state index contributed by atoms with van der Waals surface area (Å²) in [7, 11) is 0. The van der Waals surface area contributed by atoms with Crippen molar-refractivity contribution in [2.75, 3.05) is 0 Å². The summed E-state index contributed by atoms with van der Waals surface area (Å²) < 4.78 is 0. The molecule has 1 aromatic rings. The van der Waals surface area contributed by atoms with E-state index in [1.807, 2.05) is 24.3 Å². The molecule has 104 valence electrons. The van der Waals surface area contributed by atoms with Gasteiger partial charge in [0, 0.05) is 34.3 Å². The Balaban J connectivity index is 2.05.